The molecule has 4 heterocycles. The van der Waals surface area contributed by atoms with Gasteiger partial charge in [0.05, 0.1) is 17.4 Å². The van der Waals surface area contributed by atoms with Crippen LogP contribution < -0.4 is 15.5 Å². The second-order valence-corrected chi connectivity index (χ2v) is 10.3. The summed E-state index contributed by atoms with van der Waals surface area (Å²) >= 11 is 6.34. The number of piperidine rings is 2. The number of hydrogen-bond acceptors (Lipinski definition) is 7. The summed E-state index contributed by atoms with van der Waals surface area (Å²) in [6.07, 6.45) is 6.68. The third-order valence-electron chi connectivity index (χ3n) is 7.77. The number of likely N-dealkylation sites (tertiary alicyclic amines) is 1. The van der Waals surface area contributed by atoms with Gasteiger partial charge < -0.3 is 25.3 Å². The molecule has 9 heteroatoms. The molecule has 1 aromatic heterocycles. The maximum Gasteiger partial charge on any atom is 0.256 e. The Balaban J connectivity index is 1.37. The van der Waals surface area contributed by atoms with Crippen LogP contribution in [-0.4, -0.2) is 73.0 Å². The van der Waals surface area contributed by atoms with E-state index < -0.39 is 0 Å². The van der Waals surface area contributed by atoms with E-state index in [-0.39, 0.29) is 5.91 Å². The molecule has 3 aliphatic rings. The summed E-state index contributed by atoms with van der Waals surface area (Å²) in [5.74, 6) is 2.67. The van der Waals surface area contributed by atoms with Gasteiger partial charge in [0.15, 0.2) is 5.82 Å². The van der Waals surface area contributed by atoms with Crippen LogP contribution in [0.15, 0.2) is 18.3 Å². The fourth-order valence-corrected chi connectivity index (χ4v) is 5.89. The largest absolute Gasteiger partial charge is 0.371 e. The minimum Gasteiger partial charge on any atom is -0.371 e. The zero-order valence-electron chi connectivity index (χ0n) is 20.3. The first-order chi connectivity index (χ1) is 16.4. The highest BCUT2D eigenvalue weighted by Crippen LogP contribution is 2.40. The summed E-state index contributed by atoms with van der Waals surface area (Å²) in [5, 5.41) is 6.62. The monoisotopic (exact) mass is 483 g/mol. The molecule has 0 aliphatic carbocycles. The molecule has 5 rings (SSSR count). The van der Waals surface area contributed by atoms with E-state index in [0.717, 1.165) is 41.7 Å². The van der Waals surface area contributed by atoms with Crippen molar-refractivity contribution >= 4 is 40.6 Å². The number of halogens is 1. The van der Waals surface area contributed by atoms with Gasteiger partial charge in [-0.3, -0.25) is 4.79 Å². The predicted molar refractivity (Wildman–Crippen MR) is 137 cm³/mol. The van der Waals surface area contributed by atoms with Crippen LogP contribution in [0, 0.1) is 11.8 Å². The number of nitrogens with one attached hydrogen (secondary N) is 2. The molecule has 0 bridgehead atoms. The standard InChI is InChI=1S/C25H34ClN7O/c1-27-25-28-14-19(26)23(30-25)29-20-4-5-21(18-15-32(3)24(34)22(18)20)33-12-8-17(9-13-33)16-6-10-31(2)11-7-16/h4-5,14,16-17H,6-13,15H2,1-3H3,(H2,27,28,29,30). The molecule has 182 valence electrons. The van der Waals surface area contributed by atoms with Crippen molar-refractivity contribution in [2.45, 2.75) is 32.2 Å². The average Bonchev–Trinajstić information content (AvgIpc) is 3.16. The number of anilines is 4. The van der Waals surface area contributed by atoms with Crippen molar-refractivity contribution in [3.05, 3.63) is 34.5 Å². The fraction of sp³-hybridized carbons (Fsp3) is 0.560. The van der Waals surface area contributed by atoms with Crippen LogP contribution in [0.25, 0.3) is 0 Å². The molecule has 0 spiro atoms. The van der Waals surface area contributed by atoms with Crippen molar-refractivity contribution in [3.63, 3.8) is 0 Å². The minimum absolute atomic E-state index is 0.0274. The van der Waals surface area contributed by atoms with E-state index in [0.29, 0.717) is 23.3 Å². The second-order valence-electron chi connectivity index (χ2n) is 9.88. The molecule has 34 heavy (non-hydrogen) atoms. The molecule has 3 aliphatic heterocycles. The molecule has 0 unspecified atom stereocenters. The van der Waals surface area contributed by atoms with Crippen LogP contribution in [0.4, 0.5) is 23.1 Å². The van der Waals surface area contributed by atoms with E-state index in [4.69, 9.17) is 11.6 Å². The van der Waals surface area contributed by atoms with E-state index in [9.17, 15) is 4.79 Å². The number of carbonyl (C=O) groups is 1. The zero-order chi connectivity index (χ0) is 23.8. The number of nitrogens with zero attached hydrogens (tertiary/aromatic N) is 5. The molecular formula is C25H34ClN7O. The number of aromatic nitrogens is 2. The first-order valence-electron chi connectivity index (χ1n) is 12.3. The number of amides is 1. The quantitative estimate of drug-likeness (QED) is 0.664. The molecule has 8 nitrogen and oxygen atoms in total. The summed E-state index contributed by atoms with van der Waals surface area (Å²) < 4.78 is 0. The van der Waals surface area contributed by atoms with Crippen LogP contribution >= 0.6 is 11.6 Å². The Hall–Kier alpha value is -2.58. The van der Waals surface area contributed by atoms with Gasteiger partial charge in [-0.05, 0) is 69.8 Å². The van der Waals surface area contributed by atoms with Crippen LogP contribution in [0.5, 0.6) is 0 Å². The zero-order valence-corrected chi connectivity index (χ0v) is 21.0. The Bertz CT molecular complexity index is 1060. The van der Waals surface area contributed by atoms with Crippen LogP contribution in [0.2, 0.25) is 5.02 Å². The van der Waals surface area contributed by atoms with Crippen LogP contribution in [0.3, 0.4) is 0 Å². The smallest absolute Gasteiger partial charge is 0.256 e. The van der Waals surface area contributed by atoms with Gasteiger partial charge in [-0.15, -0.1) is 0 Å². The summed E-state index contributed by atoms with van der Waals surface area (Å²) in [6.45, 7) is 5.18. The van der Waals surface area contributed by atoms with E-state index in [1.54, 1.807) is 18.1 Å². The molecule has 2 saturated heterocycles. The van der Waals surface area contributed by atoms with Crippen molar-refractivity contribution in [3.8, 4) is 0 Å². The lowest BCUT2D eigenvalue weighted by Gasteiger charge is -2.40. The van der Waals surface area contributed by atoms with Crippen LogP contribution in [-0.2, 0) is 6.54 Å². The van der Waals surface area contributed by atoms with E-state index in [2.05, 4.69) is 43.5 Å². The lowest BCUT2D eigenvalue weighted by Crippen LogP contribution is -2.40. The molecule has 1 amide bonds. The molecule has 0 saturated carbocycles. The van der Waals surface area contributed by atoms with Gasteiger partial charge in [-0.2, -0.15) is 4.98 Å². The maximum absolute atomic E-state index is 13.1. The molecule has 2 fully saturated rings. The molecule has 0 atom stereocenters. The SMILES string of the molecule is CNc1ncc(Cl)c(Nc2ccc(N3CCC(C4CCN(C)CC4)CC3)c3c2C(=O)N(C)C3)n1. The van der Waals surface area contributed by atoms with Crippen LogP contribution in [0.1, 0.15) is 41.6 Å². The first kappa shape index (κ1) is 23.2. The Kier molecular flexibility index (Phi) is 6.53. The number of rotatable bonds is 5. The predicted octanol–water partition coefficient (Wildman–Crippen LogP) is 4.06. The lowest BCUT2D eigenvalue weighted by atomic mass is 9.78. The van der Waals surface area contributed by atoms with Crippen molar-refractivity contribution in [1.82, 2.24) is 19.8 Å². The Morgan fingerprint density at radius 1 is 1.03 bits per heavy atom. The Morgan fingerprint density at radius 2 is 1.71 bits per heavy atom. The highest BCUT2D eigenvalue weighted by molar-refractivity contribution is 6.33. The fourth-order valence-electron chi connectivity index (χ4n) is 5.76. The number of hydrogen-bond donors (Lipinski definition) is 2. The molecule has 2 N–H and O–H groups in total. The molecule has 1 aromatic carbocycles. The Morgan fingerprint density at radius 3 is 2.38 bits per heavy atom. The third-order valence-corrected chi connectivity index (χ3v) is 8.05. The van der Waals surface area contributed by atoms with E-state index in [1.165, 1.54) is 44.5 Å². The highest BCUT2D eigenvalue weighted by atomic mass is 35.5. The summed E-state index contributed by atoms with van der Waals surface area (Å²) in [6, 6.07) is 4.14. The van der Waals surface area contributed by atoms with Crippen molar-refractivity contribution in [2.24, 2.45) is 11.8 Å². The minimum atomic E-state index is 0.0274. The van der Waals surface area contributed by atoms with Gasteiger partial charge in [0.25, 0.3) is 5.91 Å². The second kappa shape index (κ2) is 9.58. The highest BCUT2D eigenvalue weighted by Gasteiger charge is 2.34. The van der Waals surface area contributed by atoms with Crippen molar-refractivity contribution < 1.29 is 4.79 Å². The summed E-state index contributed by atoms with van der Waals surface area (Å²) in [5.41, 5.74) is 3.73. The van der Waals surface area contributed by atoms with Gasteiger partial charge in [0.1, 0.15) is 5.02 Å². The van der Waals surface area contributed by atoms with Gasteiger partial charge in [0, 0.05) is 45.0 Å². The van der Waals surface area contributed by atoms with Crippen molar-refractivity contribution in [1.29, 1.82) is 0 Å². The third kappa shape index (κ3) is 4.41. The summed E-state index contributed by atoms with van der Waals surface area (Å²) in [4.78, 5) is 28.4. The maximum atomic E-state index is 13.1. The molecular weight excluding hydrogens is 450 g/mol. The van der Waals surface area contributed by atoms with Gasteiger partial charge in [0.2, 0.25) is 5.95 Å². The number of benzene rings is 1. The number of carbonyl (C=O) groups excluding carboxylic acids is 1. The average molecular weight is 484 g/mol. The van der Waals surface area contributed by atoms with E-state index >= 15 is 0 Å². The summed E-state index contributed by atoms with van der Waals surface area (Å²) in [7, 11) is 5.85. The van der Waals surface area contributed by atoms with Gasteiger partial charge in [-0.25, -0.2) is 4.98 Å². The Labute approximate surface area is 206 Å². The normalized spacial score (nSPS) is 20.1. The molecule has 2 aromatic rings. The number of fused-ring (bicyclic) bond motifs is 1. The first-order valence-corrected chi connectivity index (χ1v) is 12.6. The molecule has 0 radical (unpaired) electrons. The van der Waals surface area contributed by atoms with Crippen molar-refractivity contribution in [2.75, 3.05) is 62.9 Å². The van der Waals surface area contributed by atoms with E-state index in [1.807, 2.05) is 13.1 Å². The lowest BCUT2D eigenvalue weighted by molar-refractivity contribution is 0.0817. The van der Waals surface area contributed by atoms with Gasteiger partial charge >= 0.3 is 0 Å². The topological polar surface area (TPSA) is 76.6 Å². The van der Waals surface area contributed by atoms with Gasteiger partial charge in [-0.1, -0.05) is 11.6 Å².